The van der Waals surface area contributed by atoms with Crippen molar-refractivity contribution in [3.8, 4) is 5.75 Å². The molecule has 0 unspecified atom stereocenters. The summed E-state index contributed by atoms with van der Waals surface area (Å²) in [6.45, 7) is 6.39. The molecular formula is C17H28NO5P. The molecule has 24 heavy (non-hydrogen) atoms. The van der Waals surface area contributed by atoms with E-state index in [9.17, 15) is 9.36 Å². The Kier molecular flexibility index (Phi) is 9.69. The minimum absolute atomic E-state index is 0.104. The van der Waals surface area contributed by atoms with E-state index in [1.807, 2.05) is 19.9 Å². The number of esters is 1. The molecule has 0 aromatic heterocycles. The van der Waals surface area contributed by atoms with Crippen LogP contribution in [0.2, 0.25) is 0 Å². The van der Waals surface area contributed by atoms with Crippen molar-refractivity contribution in [1.29, 1.82) is 0 Å². The number of hydrogen-bond donors (Lipinski definition) is 1. The number of carbonyl (C=O) groups is 1. The van der Waals surface area contributed by atoms with Crippen molar-refractivity contribution in [3.05, 3.63) is 30.3 Å². The highest BCUT2D eigenvalue weighted by Gasteiger charge is 2.30. The molecule has 1 rings (SSSR count). The van der Waals surface area contributed by atoms with Gasteiger partial charge in [-0.3, -0.25) is 9.36 Å². The minimum Gasteiger partial charge on any atom is -0.465 e. The number of rotatable bonds is 12. The number of benzene rings is 1. The number of ether oxygens (including phenoxy) is 2. The Morgan fingerprint density at radius 3 is 2.50 bits per heavy atom. The second-order valence-electron chi connectivity index (χ2n) is 5.49. The van der Waals surface area contributed by atoms with E-state index in [0.717, 1.165) is 19.3 Å². The summed E-state index contributed by atoms with van der Waals surface area (Å²) in [4.78, 5) is 11.9. The van der Waals surface area contributed by atoms with Crippen LogP contribution < -0.4 is 9.61 Å². The number of carbonyl (C=O) groups excluding carboxylic acids is 1. The number of unbranched alkanes of at least 4 members (excludes halogenated alkanes) is 1. The molecule has 2 atom stereocenters. The quantitative estimate of drug-likeness (QED) is 0.347. The molecule has 0 saturated heterocycles. The SMILES string of the molecule is CCCCOC[P@](=O)(N[C@@H](C)C(=O)OCCC)Oc1ccccc1. The van der Waals surface area contributed by atoms with Gasteiger partial charge in [-0.15, -0.1) is 0 Å². The van der Waals surface area contributed by atoms with E-state index in [1.54, 1.807) is 31.2 Å². The maximum atomic E-state index is 13.1. The topological polar surface area (TPSA) is 73.9 Å². The number of para-hydroxylation sites is 1. The molecule has 0 aliphatic heterocycles. The lowest BCUT2D eigenvalue weighted by Gasteiger charge is -2.23. The predicted octanol–water partition coefficient (Wildman–Crippen LogP) is 3.96. The zero-order valence-electron chi connectivity index (χ0n) is 14.7. The van der Waals surface area contributed by atoms with Crippen LogP contribution in [0, 0.1) is 0 Å². The third kappa shape index (κ3) is 7.95. The third-order valence-corrected chi connectivity index (χ3v) is 4.90. The average molecular weight is 357 g/mol. The van der Waals surface area contributed by atoms with Gasteiger partial charge in [-0.25, -0.2) is 5.09 Å². The smallest absolute Gasteiger partial charge is 0.342 e. The van der Waals surface area contributed by atoms with E-state index < -0.39 is 19.5 Å². The lowest BCUT2D eigenvalue weighted by Crippen LogP contribution is -2.35. The second kappa shape index (κ2) is 11.2. The zero-order chi connectivity index (χ0) is 17.8. The van der Waals surface area contributed by atoms with Crippen LogP contribution in [0.3, 0.4) is 0 Å². The lowest BCUT2D eigenvalue weighted by molar-refractivity contribution is -0.145. The molecule has 6 nitrogen and oxygen atoms in total. The lowest BCUT2D eigenvalue weighted by atomic mass is 10.3. The van der Waals surface area contributed by atoms with E-state index in [1.165, 1.54) is 0 Å². The van der Waals surface area contributed by atoms with Gasteiger partial charge in [0.2, 0.25) is 0 Å². The summed E-state index contributed by atoms with van der Waals surface area (Å²) in [5.74, 6) is 0.00356. The highest BCUT2D eigenvalue weighted by atomic mass is 31.2. The molecule has 0 aliphatic carbocycles. The van der Waals surface area contributed by atoms with Gasteiger partial charge < -0.3 is 14.0 Å². The molecule has 136 valence electrons. The summed E-state index contributed by atoms with van der Waals surface area (Å²) in [5.41, 5.74) is 0. The summed E-state index contributed by atoms with van der Waals surface area (Å²) in [6, 6.07) is 8.09. The molecule has 0 aliphatic rings. The van der Waals surface area contributed by atoms with Crippen LogP contribution in [-0.2, 0) is 18.8 Å². The van der Waals surface area contributed by atoms with Gasteiger partial charge in [0.15, 0.2) is 0 Å². The van der Waals surface area contributed by atoms with Crippen LogP contribution >= 0.6 is 7.52 Å². The molecule has 0 saturated carbocycles. The van der Waals surface area contributed by atoms with Crippen molar-refractivity contribution in [2.75, 3.05) is 19.6 Å². The monoisotopic (exact) mass is 357 g/mol. The molecule has 1 N–H and O–H groups in total. The van der Waals surface area contributed by atoms with E-state index in [2.05, 4.69) is 5.09 Å². The van der Waals surface area contributed by atoms with Crippen molar-refractivity contribution in [2.24, 2.45) is 0 Å². The van der Waals surface area contributed by atoms with E-state index in [-0.39, 0.29) is 6.35 Å². The first-order valence-electron chi connectivity index (χ1n) is 8.36. The van der Waals surface area contributed by atoms with Crippen LogP contribution in [0.4, 0.5) is 0 Å². The van der Waals surface area contributed by atoms with E-state index in [0.29, 0.717) is 19.0 Å². The van der Waals surface area contributed by atoms with Crippen molar-refractivity contribution >= 4 is 13.5 Å². The molecule has 1 aromatic carbocycles. The summed E-state index contributed by atoms with van der Waals surface area (Å²) in [5, 5.41) is 2.76. The Hall–Kier alpha value is -1.36. The van der Waals surface area contributed by atoms with Gasteiger partial charge in [0.1, 0.15) is 18.1 Å². The average Bonchev–Trinajstić information content (AvgIpc) is 2.57. The maximum absolute atomic E-state index is 13.1. The van der Waals surface area contributed by atoms with E-state index in [4.69, 9.17) is 14.0 Å². The normalized spacial score (nSPS) is 14.6. The molecule has 0 heterocycles. The largest absolute Gasteiger partial charge is 0.465 e. The fourth-order valence-electron chi connectivity index (χ4n) is 1.85. The van der Waals surface area contributed by atoms with Crippen LogP contribution in [-0.4, -0.2) is 31.6 Å². The van der Waals surface area contributed by atoms with Crippen molar-refractivity contribution in [2.45, 2.75) is 46.1 Å². The Labute approximate surface area is 144 Å². The summed E-state index contributed by atoms with van der Waals surface area (Å²) in [7, 11) is -3.40. The number of hydrogen-bond acceptors (Lipinski definition) is 5. The molecular weight excluding hydrogens is 329 g/mol. The third-order valence-electron chi connectivity index (χ3n) is 3.09. The Balaban J connectivity index is 2.72. The van der Waals surface area contributed by atoms with Crippen molar-refractivity contribution in [1.82, 2.24) is 5.09 Å². The van der Waals surface area contributed by atoms with Crippen molar-refractivity contribution in [3.63, 3.8) is 0 Å². The Morgan fingerprint density at radius 2 is 1.88 bits per heavy atom. The molecule has 1 aromatic rings. The fraction of sp³-hybridized carbons (Fsp3) is 0.588. The van der Waals surface area contributed by atoms with Gasteiger partial charge >= 0.3 is 13.5 Å². The van der Waals surface area contributed by atoms with Gasteiger partial charge in [-0.2, -0.15) is 0 Å². The maximum Gasteiger partial charge on any atom is 0.342 e. The zero-order valence-corrected chi connectivity index (χ0v) is 15.6. The van der Waals surface area contributed by atoms with Gasteiger partial charge in [0.25, 0.3) is 0 Å². The Bertz CT molecular complexity index is 523. The molecule has 7 heteroatoms. The summed E-state index contributed by atoms with van der Waals surface area (Å²) in [6.07, 6.45) is 2.49. The first-order valence-corrected chi connectivity index (χ1v) is 10.2. The van der Waals surface area contributed by atoms with E-state index >= 15 is 0 Å². The van der Waals surface area contributed by atoms with Crippen LogP contribution in [0.5, 0.6) is 5.75 Å². The predicted molar refractivity (Wildman–Crippen MR) is 94.3 cm³/mol. The first kappa shape index (κ1) is 20.7. The number of nitrogens with one attached hydrogen (secondary N) is 1. The first-order chi connectivity index (χ1) is 11.5. The fourth-order valence-corrected chi connectivity index (χ4v) is 3.56. The standard InChI is InChI=1S/C17H28NO5P/c1-4-6-13-21-14-24(20,23-16-10-8-7-9-11-16)18-15(3)17(19)22-12-5-2/h7-11,15H,4-6,12-14H2,1-3H3,(H,18,20)/t15-,24+/m0/s1. The Morgan fingerprint density at radius 1 is 1.17 bits per heavy atom. The molecule has 0 radical (unpaired) electrons. The highest BCUT2D eigenvalue weighted by molar-refractivity contribution is 7.57. The minimum atomic E-state index is -3.40. The van der Waals surface area contributed by atoms with Crippen molar-refractivity contribution < 1.29 is 23.4 Å². The van der Waals surface area contributed by atoms with Gasteiger partial charge in [-0.1, -0.05) is 38.5 Å². The summed E-state index contributed by atoms with van der Waals surface area (Å²) >= 11 is 0. The molecule has 0 bridgehead atoms. The van der Waals surface area contributed by atoms with Crippen LogP contribution in [0.25, 0.3) is 0 Å². The van der Waals surface area contributed by atoms with Gasteiger partial charge in [0.05, 0.1) is 6.61 Å². The van der Waals surface area contributed by atoms with Gasteiger partial charge in [-0.05, 0) is 31.9 Å². The highest BCUT2D eigenvalue weighted by Crippen LogP contribution is 2.43. The van der Waals surface area contributed by atoms with Crippen LogP contribution in [0.1, 0.15) is 40.0 Å². The van der Waals surface area contributed by atoms with Crippen LogP contribution in [0.15, 0.2) is 30.3 Å². The summed E-state index contributed by atoms with van der Waals surface area (Å²) < 4.78 is 29.2. The molecule has 0 amide bonds. The van der Waals surface area contributed by atoms with Gasteiger partial charge in [0, 0.05) is 6.61 Å². The molecule has 0 spiro atoms. The molecule has 0 fully saturated rings. The second-order valence-corrected chi connectivity index (χ2v) is 7.53.